The number of H-pyrrole nitrogens is 1. The Morgan fingerprint density at radius 2 is 1.06 bits per heavy atom. The lowest BCUT2D eigenvalue weighted by atomic mass is 9.33. The van der Waals surface area contributed by atoms with Crippen LogP contribution in [0, 0.1) is 55.4 Å². The summed E-state index contributed by atoms with van der Waals surface area (Å²) in [5.41, 5.74) is 18.1. The van der Waals surface area contributed by atoms with Gasteiger partial charge in [0.15, 0.2) is 0 Å². The maximum absolute atomic E-state index is 5.12. The van der Waals surface area contributed by atoms with E-state index in [1.807, 2.05) is 6.07 Å². The number of nitrogens with zero attached hydrogens (tertiary/aromatic N) is 1. The lowest BCUT2D eigenvalue weighted by molar-refractivity contribution is 1.33. The van der Waals surface area contributed by atoms with E-state index in [0.717, 1.165) is 22.4 Å². The van der Waals surface area contributed by atoms with Crippen molar-refractivity contribution in [3.8, 4) is 11.4 Å². The van der Waals surface area contributed by atoms with Crippen LogP contribution in [0.25, 0.3) is 22.4 Å². The van der Waals surface area contributed by atoms with Crippen molar-refractivity contribution in [1.82, 2.24) is 9.97 Å². The van der Waals surface area contributed by atoms with Gasteiger partial charge in [0.25, 0.3) is 0 Å². The van der Waals surface area contributed by atoms with Crippen molar-refractivity contribution in [3.63, 3.8) is 0 Å². The molecule has 4 aromatic carbocycles. The van der Waals surface area contributed by atoms with Crippen LogP contribution in [0.3, 0.4) is 0 Å². The van der Waals surface area contributed by atoms with Gasteiger partial charge in [0.1, 0.15) is 5.82 Å². The normalized spacial score (nSPS) is 11.3. The summed E-state index contributed by atoms with van der Waals surface area (Å²) in [7, 11) is 0. The monoisotopic (exact) mass is 470 g/mol. The molecule has 0 spiro atoms. The van der Waals surface area contributed by atoms with E-state index in [1.165, 1.54) is 60.9 Å². The van der Waals surface area contributed by atoms with Crippen molar-refractivity contribution in [2.24, 2.45) is 0 Å². The summed E-state index contributed by atoms with van der Waals surface area (Å²) in [5, 5.41) is 0. The largest absolute Gasteiger partial charge is 0.338 e. The van der Waals surface area contributed by atoms with Crippen LogP contribution in [0.2, 0.25) is 0 Å². The number of hydrogen-bond donors (Lipinski definition) is 1. The van der Waals surface area contributed by atoms with Gasteiger partial charge in [-0.3, -0.25) is 0 Å². The van der Waals surface area contributed by atoms with Crippen molar-refractivity contribution in [1.29, 1.82) is 0 Å². The quantitative estimate of drug-likeness (QED) is 0.311. The highest BCUT2D eigenvalue weighted by Gasteiger charge is 2.32. The van der Waals surface area contributed by atoms with Gasteiger partial charge in [-0.05, 0) is 67.0 Å². The molecule has 0 aliphatic carbocycles. The first-order chi connectivity index (χ1) is 17.2. The van der Waals surface area contributed by atoms with Crippen LogP contribution >= 0.6 is 0 Å². The number of aryl methyl sites for hydroxylation is 8. The van der Waals surface area contributed by atoms with Crippen molar-refractivity contribution in [3.05, 3.63) is 105 Å². The minimum Gasteiger partial charge on any atom is -0.338 e. The topological polar surface area (TPSA) is 28.7 Å². The number of rotatable bonds is 4. The molecule has 0 bridgehead atoms. The van der Waals surface area contributed by atoms with Gasteiger partial charge in [-0.15, -0.1) is 0 Å². The number of imidazole rings is 1. The summed E-state index contributed by atoms with van der Waals surface area (Å²) in [6.45, 7) is 18.1. The molecule has 5 aromatic rings. The van der Waals surface area contributed by atoms with Crippen LogP contribution in [-0.4, -0.2) is 16.7 Å². The molecule has 2 nitrogen and oxygen atoms in total. The zero-order chi connectivity index (χ0) is 25.7. The van der Waals surface area contributed by atoms with E-state index < -0.39 is 0 Å². The maximum atomic E-state index is 5.12. The highest BCUT2D eigenvalue weighted by atomic mass is 14.9. The zero-order valence-corrected chi connectivity index (χ0v) is 22.8. The Morgan fingerprint density at radius 1 is 0.583 bits per heavy atom. The molecule has 0 radical (unpaired) electrons. The molecule has 1 N–H and O–H groups in total. The van der Waals surface area contributed by atoms with Gasteiger partial charge < -0.3 is 4.98 Å². The Morgan fingerprint density at radius 3 is 1.56 bits per heavy atom. The molecule has 36 heavy (non-hydrogen) atoms. The third-order valence-corrected chi connectivity index (χ3v) is 7.67. The molecule has 1 heterocycles. The first kappa shape index (κ1) is 24.1. The van der Waals surface area contributed by atoms with Crippen LogP contribution in [0.15, 0.2) is 60.7 Å². The van der Waals surface area contributed by atoms with E-state index in [4.69, 9.17) is 4.98 Å². The fourth-order valence-electron chi connectivity index (χ4n) is 6.40. The average molecular weight is 470 g/mol. The Balaban J connectivity index is 1.84. The highest BCUT2D eigenvalue weighted by molar-refractivity contribution is 6.97. The first-order valence-electron chi connectivity index (χ1n) is 12.9. The van der Waals surface area contributed by atoms with Gasteiger partial charge in [0.05, 0.1) is 11.0 Å². The smallest absolute Gasteiger partial charge is 0.243 e. The molecular formula is C33H35BN2. The number of fused-ring (bicyclic) bond motifs is 1. The minimum absolute atomic E-state index is 0.146. The van der Waals surface area contributed by atoms with E-state index in [9.17, 15) is 0 Å². The molecule has 0 unspecified atom stereocenters. The van der Waals surface area contributed by atoms with Crippen molar-refractivity contribution in [2.45, 2.75) is 55.4 Å². The number of hydrogen-bond acceptors (Lipinski definition) is 1. The third-order valence-electron chi connectivity index (χ3n) is 7.67. The van der Waals surface area contributed by atoms with E-state index >= 15 is 0 Å². The predicted octanol–water partition coefficient (Wildman–Crippen LogP) is 6.21. The van der Waals surface area contributed by atoms with Crippen molar-refractivity contribution >= 4 is 34.1 Å². The number of aromatic nitrogens is 2. The molecule has 3 heteroatoms. The van der Waals surface area contributed by atoms with Crippen molar-refractivity contribution < 1.29 is 0 Å². The second-order valence-electron chi connectivity index (χ2n) is 10.6. The second kappa shape index (κ2) is 9.13. The van der Waals surface area contributed by atoms with Gasteiger partial charge in [0, 0.05) is 5.56 Å². The average Bonchev–Trinajstić information content (AvgIpc) is 3.22. The van der Waals surface area contributed by atoms with Gasteiger partial charge >= 0.3 is 0 Å². The van der Waals surface area contributed by atoms with E-state index in [0.29, 0.717) is 0 Å². The lowest BCUT2D eigenvalue weighted by Gasteiger charge is -2.27. The van der Waals surface area contributed by atoms with Gasteiger partial charge in [-0.25, -0.2) is 4.98 Å². The maximum Gasteiger partial charge on any atom is 0.243 e. The molecule has 0 saturated carbocycles. The summed E-state index contributed by atoms with van der Waals surface area (Å²) in [4.78, 5) is 8.70. The van der Waals surface area contributed by atoms with Gasteiger partial charge in [-0.1, -0.05) is 110 Å². The fourth-order valence-corrected chi connectivity index (χ4v) is 6.40. The predicted molar refractivity (Wildman–Crippen MR) is 157 cm³/mol. The number of aromatic amines is 1. The minimum atomic E-state index is 0.146. The molecule has 0 saturated heterocycles. The summed E-state index contributed by atoms with van der Waals surface area (Å²) < 4.78 is 0. The Bertz CT molecular complexity index is 1510. The number of nitrogens with one attached hydrogen (secondary N) is 1. The summed E-state index contributed by atoms with van der Waals surface area (Å²) in [5.74, 6) is 0.923. The van der Waals surface area contributed by atoms with Gasteiger partial charge in [0.2, 0.25) is 6.71 Å². The Labute approximate surface area is 215 Å². The second-order valence-corrected chi connectivity index (χ2v) is 10.6. The Hall–Kier alpha value is -3.59. The van der Waals surface area contributed by atoms with Crippen LogP contribution in [0.1, 0.15) is 44.5 Å². The molecule has 0 fully saturated rings. The van der Waals surface area contributed by atoms with Crippen LogP contribution in [-0.2, 0) is 0 Å². The number of benzene rings is 4. The van der Waals surface area contributed by atoms with E-state index in [2.05, 4.69) is 115 Å². The highest BCUT2D eigenvalue weighted by Crippen LogP contribution is 2.24. The fraction of sp³-hybridized carbons (Fsp3) is 0.242. The molecule has 5 rings (SSSR count). The summed E-state index contributed by atoms with van der Waals surface area (Å²) in [6, 6.07) is 22.0. The van der Waals surface area contributed by atoms with Crippen LogP contribution in [0.5, 0.6) is 0 Å². The first-order valence-corrected chi connectivity index (χ1v) is 12.9. The lowest BCUT2D eigenvalue weighted by Crippen LogP contribution is -2.57. The summed E-state index contributed by atoms with van der Waals surface area (Å²) >= 11 is 0. The molecule has 0 aliphatic rings. The standard InChI is InChI=1S/C33H35BN2/c1-19-14-21(3)29(22(4)15-19)34(30-23(5)16-20(2)17-24(30)6)31-25(7)18-28-32(26(31)8)36-33(35-28)27-12-10-9-11-13-27/h9-18H,1-8H3,(H,35,36). The van der Waals surface area contributed by atoms with Crippen molar-refractivity contribution in [2.75, 3.05) is 0 Å². The molecule has 180 valence electrons. The molecule has 0 amide bonds. The van der Waals surface area contributed by atoms with E-state index in [1.54, 1.807) is 0 Å². The van der Waals surface area contributed by atoms with E-state index in [-0.39, 0.29) is 6.71 Å². The summed E-state index contributed by atoms with van der Waals surface area (Å²) in [6.07, 6.45) is 0. The van der Waals surface area contributed by atoms with Gasteiger partial charge in [-0.2, -0.15) is 0 Å². The molecular weight excluding hydrogens is 435 g/mol. The molecule has 0 aliphatic heterocycles. The molecule has 0 atom stereocenters. The molecule has 1 aromatic heterocycles. The zero-order valence-electron chi connectivity index (χ0n) is 22.8. The Kier molecular flexibility index (Phi) is 6.12. The van der Waals surface area contributed by atoms with Crippen LogP contribution < -0.4 is 16.4 Å². The SMILES string of the molecule is Cc1cc(C)c(B(c2c(C)cc(C)cc2C)c2c(C)cc3[nH]c(-c4ccccc4)nc3c2C)c(C)c1. The van der Waals surface area contributed by atoms with Crippen LogP contribution in [0.4, 0.5) is 0 Å². The third kappa shape index (κ3) is 4.07.